The highest BCUT2D eigenvalue weighted by Crippen LogP contribution is 2.34. The average Bonchev–Trinajstić information content (AvgIpc) is 3.32. The van der Waals surface area contributed by atoms with Crippen molar-refractivity contribution >= 4 is 34.9 Å². The normalized spacial score (nSPS) is 10.3. The largest absolute Gasteiger partial charge is 0.493 e. The van der Waals surface area contributed by atoms with E-state index in [1.807, 2.05) is 0 Å². The summed E-state index contributed by atoms with van der Waals surface area (Å²) in [6, 6.07) is 12.0. The number of esters is 1. The molecule has 0 aliphatic rings. The summed E-state index contributed by atoms with van der Waals surface area (Å²) in [7, 11) is 2.82. The molecule has 1 heterocycles. The summed E-state index contributed by atoms with van der Waals surface area (Å²) in [6.45, 7) is -0.500. The van der Waals surface area contributed by atoms with Crippen LogP contribution in [0.1, 0.15) is 31.3 Å². The van der Waals surface area contributed by atoms with E-state index in [0.717, 1.165) is 0 Å². The number of nitrogens with one attached hydrogen (secondary N) is 1. The number of anilines is 1. The number of hydrogen-bond donors (Lipinski definition) is 1. The van der Waals surface area contributed by atoms with Gasteiger partial charge in [0.15, 0.2) is 29.6 Å². The highest BCUT2D eigenvalue weighted by Gasteiger charge is 2.22. The molecule has 0 fully saturated rings. The Kier molecular flexibility index (Phi) is 6.94. The Balaban J connectivity index is 1.83. The first-order valence-electron chi connectivity index (χ1n) is 8.99. The number of ether oxygens (including phenoxy) is 3. The van der Waals surface area contributed by atoms with Gasteiger partial charge in [-0.2, -0.15) is 0 Å². The van der Waals surface area contributed by atoms with Gasteiger partial charge >= 0.3 is 5.97 Å². The van der Waals surface area contributed by atoms with Gasteiger partial charge in [-0.25, -0.2) is 4.79 Å². The Morgan fingerprint density at radius 2 is 1.68 bits per heavy atom. The second-order valence-corrected chi connectivity index (χ2v) is 6.63. The van der Waals surface area contributed by atoms with E-state index < -0.39 is 24.3 Å². The van der Waals surface area contributed by atoms with Gasteiger partial charge in [0.25, 0.3) is 5.91 Å². The fourth-order valence-electron chi connectivity index (χ4n) is 2.67. The van der Waals surface area contributed by atoms with Crippen LogP contribution in [0, 0.1) is 0 Å². The van der Waals surface area contributed by atoms with E-state index in [9.17, 15) is 14.4 Å². The van der Waals surface area contributed by atoms with Crippen molar-refractivity contribution in [3.8, 4) is 11.5 Å². The maximum absolute atomic E-state index is 12.7. The summed E-state index contributed by atoms with van der Waals surface area (Å²) in [5, 5.41) is 3.06. The van der Waals surface area contributed by atoms with Gasteiger partial charge < -0.3 is 23.9 Å². The van der Waals surface area contributed by atoms with Gasteiger partial charge in [0, 0.05) is 22.7 Å². The quantitative estimate of drug-likeness (QED) is 0.410. The Bertz CT molecular complexity index is 1090. The number of halogens is 1. The minimum Gasteiger partial charge on any atom is -0.493 e. The molecule has 3 rings (SSSR count). The summed E-state index contributed by atoms with van der Waals surface area (Å²) in [5.74, 6) is -1.25. The van der Waals surface area contributed by atoms with Crippen molar-refractivity contribution < 1.29 is 33.0 Å². The van der Waals surface area contributed by atoms with Gasteiger partial charge in [-0.3, -0.25) is 9.59 Å². The van der Waals surface area contributed by atoms with Crippen LogP contribution in [0.25, 0.3) is 0 Å². The van der Waals surface area contributed by atoms with Crippen molar-refractivity contribution in [1.29, 1.82) is 0 Å². The van der Waals surface area contributed by atoms with Gasteiger partial charge in [0.1, 0.15) is 0 Å². The number of rotatable bonds is 8. The number of carbonyl (C=O) groups excluding carboxylic acids is 3. The highest BCUT2D eigenvalue weighted by molar-refractivity contribution is 6.30. The molecule has 0 radical (unpaired) electrons. The van der Waals surface area contributed by atoms with Crippen LogP contribution in [-0.2, 0) is 4.74 Å². The summed E-state index contributed by atoms with van der Waals surface area (Å²) in [4.78, 5) is 37.4. The lowest BCUT2D eigenvalue weighted by atomic mass is 10.1. The number of carbonyl (C=O) groups is 3. The molecule has 0 aliphatic carbocycles. The van der Waals surface area contributed by atoms with E-state index in [-0.39, 0.29) is 28.5 Å². The summed E-state index contributed by atoms with van der Waals surface area (Å²) < 4.78 is 20.7. The zero-order valence-electron chi connectivity index (χ0n) is 16.6. The third-order valence-corrected chi connectivity index (χ3v) is 4.49. The standard InChI is InChI=1S/C22H18ClNO7/c1-28-19-10-15(22(27)31-12-17(25)13-5-7-14(23)8-6-13)16(11-20(19)29-2)24-21(26)18-4-3-9-30-18/h3-11H,12H2,1-2H3,(H,24,26). The molecule has 0 saturated heterocycles. The van der Waals surface area contributed by atoms with Crippen LogP contribution >= 0.6 is 11.6 Å². The second-order valence-electron chi connectivity index (χ2n) is 6.19. The lowest BCUT2D eigenvalue weighted by molar-refractivity contribution is 0.0475. The molecule has 0 spiro atoms. The Labute approximate surface area is 182 Å². The second kappa shape index (κ2) is 9.82. The van der Waals surface area contributed by atoms with Crippen LogP contribution in [0.2, 0.25) is 5.02 Å². The molecule has 2 aromatic carbocycles. The number of ketones is 1. The molecule has 0 aliphatic heterocycles. The maximum Gasteiger partial charge on any atom is 0.340 e. The van der Waals surface area contributed by atoms with Crippen LogP contribution in [0.15, 0.2) is 59.2 Å². The summed E-state index contributed by atoms with van der Waals surface area (Å²) >= 11 is 5.81. The molecule has 3 aromatic rings. The minimum absolute atomic E-state index is 0.0264. The van der Waals surface area contributed by atoms with Crippen molar-refractivity contribution in [2.45, 2.75) is 0 Å². The monoisotopic (exact) mass is 443 g/mol. The molecule has 0 atom stereocenters. The SMILES string of the molecule is COc1cc(NC(=O)c2ccco2)c(C(=O)OCC(=O)c2ccc(Cl)cc2)cc1OC. The fourth-order valence-corrected chi connectivity index (χ4v) is 2.80. The first kappa shape index (κ1) is 21.9. The van der Waals surface area contributed by atoms with E-state index in [1.54, 1.807) is 18.2 Å². The smallest absolute Gasteiger partial charge is 0.340 e. The highest BCUT2D eigenvalue weighted by atomic mass is 35.5. The lowest BCUT2D eigenvalue weighted by Gasteiger charge is -2.15. The predicted octanol–water partition coefficient (Wildman–Crippen LogP) is 4.24. The van der Waals surface area contributed by atoms with E-state index in [0.29, 0.717) is 10.6 Å². The average molecular weight is 444 g/mol. The van der Waals surface area contributed by atoms with Crippen molar-refractivity contribution in [2.24, 2.45) is 0 Å². The third-order valence-electron chi connectivity index (χ3n) is 4.24. The summed E-state index contributed by atoms with van der Waals surface area (Å²) in [5.41, 5.74) is 0.417. The van der Waals surface area contributed by atoms with Gasteiger partial charge in [-0.1, -0.05) is 11.6 Å². The molecule has 8 nitrogen and oxygen atoms in total. The number of Topliss-reactive ketones (excluding diaryl/α,β-unsaturated/α-hetero) is 1. The van der Waals surface area contributed by atoms with Gasteiger partial charge in [-0.15, -0.1) is 0 Å². The lowest BCUT2D eigenvalue weighted by Crippen LogP contribution is -2.18. The molecular weight excluding hydrogens is 426 g/mol. The van der Waals surface area contributed by atoms with E-state index >= 15 is 0 Å². The third kappa shape index (κ3) is 5.23. The zero-order valence-corrected chi connectivity index (χ0v) is 17.4. The predicted molar refractivity (Wildman–Crippen MR) is 112 cm³/mol. The number of hydrogen-bond acceptors (Lipinski definition) is 7. The van der Waals surface area contributed by atoms with Crippen LogP contribution in [-0.4, -0.2) is 38.5 Å². The van der Waals surface area contributed by atoms with E-state index in [2.05, 4.69) is 5.32 Å². The number of furan rings is 1. The topological polar surface area (TPSA) is 104 Å². The maximum atomic E-state index is 12.7. The minimum atomic E-state index is -0.835. The van der Waals surface area contributed by atoms with Crippen molar-refractivity contribution in [3.05, 3.63) is 76.7 Å². The molecule has 1 N–H and O–H groups in total. The molecule has 31 heavy (non-hydrogen) atoms. The van der Waals surface area contributed by atoms with Crippen LogP contribution < -0.4 is 14.8 Å². The first-order chi connectivity index (χ1) is 14.9. The molecule has 0 bridgehead atoms. The van der Waals surface area contributed by atoms with Crippen molar-refractivity contribution in [2.75, 3.05) is 26.1 Å². The number of amides is 1. The fraction of sp³-hybridized carbons (Fsp3) is 0.136. The van der Waals surface area contributed by atoms with E-state index in [4.69, 9.17) is 30.2 Å². The molecule has 0 unspecified atom stereocenters. The molecule has 0 saturated carbocycles. The Morgan fingerprint density at radius 1 is 1.00 bits per heavy atom. The summed E-state index contributed by atoms with van der Waals surface area (Å²) in [6.07, 6.45) is 1.35. The Hall–Kier alpha value is -3.78. The van der Waals surface area contributed by atoms with Crippen molar-refractivity contribution in [1.82, 2.24) is 0 Å². The number of methoxy groups -OCH3 is 2. The van der Waals surface area contributed by atoms with Gasteiger partial charge in [-0.05, 0) is 36.4 Å². The van der Waals surface area contributed by atoms with Crippen LogP contribution in [0.3, 0.4) is 0 Å². The molecule has 1 aromatic heterocycles. The van der Waals surface area contributed by atoms with E-state index in [1.165, 1.54) is 50.8 Å². The Morgan fingerprint density at radius 3 is 2.29 bits per heavy atom. The first-order valence-corrected chi connectivity index (χ1v) is 9.37. The molecule has 9 heteroatoms. The van der Waals surface area contributed by atoms with Crippen molar-refractivity contribution in [3.63, 3.8) is 0 Å². The van der Waals surface area contributed by atoms with Crippen LogP contribution in [0.5, 0.6) is 11.5 Å². The molecule has 160 valence electrons. The molecular formula is C22H18ClNO7. The van der Waals surface area contributed by atoms with Crippen LogP contribution in [0.4, 0.5) is 5.69 Å². The van der Waals surface area contributed by atoms with Gasteiger partial charge in [0.2, 0.25) is 0 Å². The zero-order chi connectivity index (χ0) is 22.4. The molecule has 1 amide bonds. The number of benzene rings is 2. The van der Waals surface area contributed by atoms with Gasteiger partial charge in [0.05, 0.1) is 31.7 Å².